The van der Waals surface area contributed by atoms with E-state index in [2.05, 4.69) is 15.5 Å². The van der Waals surface area contributed by atoms with Crippen LogP contribution in [-0.2, 0) is 4.79 Å². The third kappa shape index (κ3) is 5.66. The van der Waals surface area contributed by atoms with E-state index in [0.717, 1.165) is 23.0 Å². The predicted octanol–water partition coefficient (Wildman–Crippen LogP) is 2.88. The summed E-state index contributed by atoms with van der Waals surface area (Å²) in [4.78, 5) is 12.2. The van der Waals surface area contributed by atoms with Crippen molar-refractivity contribution in [3.05, 3.63) is 54.4 Å². The van der Waals surface area contributed by atoms with Crippen LogP contribution in [0, 0.1) is 6.92 Å². The molecule has 0 radical (unpaired) electrons. The standard InChI is InChI=1S/C21H24N4O4S/c1-15-23-24-21(25(15)16-7-9-17(27-2)10-8-16)30-14-20(26)22-11-12-29-19-6-4-5-18(13-19)28-3/h4-10,13H,11-12,14H2,1-3H3,(H,22,26). The minimum Gasteiger partial charge on any atom is -0.497 e. The summed E-state index contributed by atoms with van der Waals surface area (Å²) in [6.45, 7) is 2.64. The van der Waals surface area contributed by atoms with E-state index >= 15 is 0 Å². The molecule has 0 aliphatic carbocycles. The van der Waals surface area contributed by atoms with Gasteiger partial charge in [-0.2, -0.15) is 0 Å². The van der Waals surface area contributed by atoms with Gasteiger partial charge in [0, 0.05) is 11.8 Å². The Morgan fingerprint density at radius 2 is 1.77 bits per heavy atom. The molecule has 0 atom stereocenters. The highest BCUT2D eigenvalue weighted by molar-refractivity contribution is 7.99. The molecular weight excluding hydrogens is 404 g/mol. The lowest BCUT2D eigenvalue weighted by atomic mass is 10.3. The van der Waals surface area contributed by atoms with Gasteiger partial charge in [0.05, 0.1) is 26.5 Å². The Bertz CT molecular complexity index is 975. The zero-order chi connectivity index (χ0) is 21.3. The number of ether oxygens (including phenoxy) is 3. The zero-order valence-corrected chi connectivity index (χ0v) is 17.9. The molecule has 1 amide bonds. The first-order valence-corrected chi connectivity index (χ1v) is 10.3. The van der Waals surface area contributed by atoms with Crippen molar-refractivity contribution < 1.29 is 19.0 Å². The maximum absolute atomic E-state index is 12.2. The fourth-order valence-corrected chi connectivity index (χ4v) is 3.52. The molecule has 9 heteroatoms. The molecule has 30 heavy (non-hydrogen) atoms. The van der Waals surface area contributed by atoms with Crippen LogP contribution in [0.3, 0.4) is 0 Å². The fourth-order valence-electron chi connectivity index (χ4n) is 2.70. The molecule has 1 heterocycles. The number of carbonyl (C=O) groups excluding carboxylic acids is 1. The van der Waals surface area contributed by atoms with Crippen LogP contribution in [0.1, 0.15) is 5.82 Å². The number of rotatable bonds is 10. The summed E-state index contributed by atoms with van der Waals surface area (Å²) in [6, 6.07) is 14.9. The predicted molar refractivity (Wildman–Crippen MR) is 115 cm³/mol. The van der Waals surface area contributed by atoms with Gasteiger partial charge in [-0.15, -0.1) is 10.2 Å². The van der Waals surface area contributed by atoms with E-state index < -0.39 is 0 Å². The largest absolute Gasteiger partial charge is 0.497 e. The molecule has 158 valence electrons. The molecule has 8 nitrogen and oxygen atoms in total. The maximum Gasteiger partial charge on any atom is 0.230 e. The highest BCUT2D eigenvalue weighted by Crippen LogP contribution is 2.23. The lowest BCUT2D eigenvalue weighted by Crippen LogP contribution is -2.29. The van der Waals surface area contributed by atoms with Crippen LogP contribution < -0.4 is 19.5 Å². The highest BCUT2D eigenvalue weighted by Gasteiger charge is 2.13. The second kappa shape index (κ2) is 10.5. The Kier molecular flexibility index (Phi) is 7.56. The van der Waals surface area contributed by atoms with E-state index in [4.69, 9.17) is 14.2 Å². The summed E-state index contributed by atoms with van der Waals surface area (Å²) in [5.74, 6) is 3.07. The van der Waals surface area contributed by atoms with Gasteiger partial charge in [0.25, 0.3) is 0 Å². The number of nitrogens with one attached hydrogen (secondary N) is 1. The first-order valence-electron chi connectivity index (χ1n) is 9.33. The Morgan fingerprint density at radius 3 is 2.50 bits per heavy atom. The third-order valence-electron chi connectivity index (χ3n) is 4.19. The topological polar surface area (TPSA) is 87.5 Å². The van der Waals surface area contributed by atoms with E-state index in [1.807, 2.05) is 54.0 Å². The Morgan fingerprint density at radius 1 is 1.03 bits per heavy atom. The molecule has 0 saturated heterocycles. The average Bonchev–Trinajstić information content (AvgIpc) is 3.15. The number of hydrogen-bond donors (Lipinski definition) is 1. The van der Waals surface area contributed by atoms with Crippen molar-refractivity contribution in [1.82, 2.24) is 20.1 Å². The number of thioether (sulfide) groups is 1. The van der Waals surface area contributed by atoms with Gasteiger partial charge in [-0.05, 0) is 43.3 Å². The molecule has 3 aromatic rings. The van der Waals surface area contributed by atoms with E-state index in [0.29, 0.717) is 24.1 Å². The normalized spacial score (nSPS) is 10.5. The average molecular weight is 429 g/mol. The van der Waals surface area contributed by atoms with Gasteiger partial charge in [0.15, 0.2) is 5.16 Å². The van der Waals surface area contributed by atoms with Crippen molar-refractivity contribution in [2.75, 3.05) is 33.1 Å². The molecule has 0 aliphatic rings. The maximum atomic E-state index is 12.2. The number of methoxy groups -OCH3 is 2. The van der Waals surface area contributed by atoms with Crippen LogP contribution in [-0.4, -0.2) is 53.8 Å². The van der Waals surface area contributed by atoms with E-state index in [1.54, 1.807) is 20.3 Å². The van der Waals surface area contributed by atoms with Gasteiger partial charge in [0.1, 0.15) is 29.7 Å². The first kappa shape index (κ1) is 21.5. The summed E-state index contributed by atoms with van der Waals surface area (Å²) < 4.78 is 17.9. The van der Waals surface area contributed by atoms with E-state index in [9.17, 15) is 4.79 Å². The smallest absolute Gasteiger partial charge is 0.230 e. The second-order valence-electron chi connectivity index (χ2n) is 6.23. The van der Waals surface area contributed by atoms with E-state index in [1.165, 1.54) is 11.8 Å². The number of aryl methyl sites for hydroxylation is 1. The van der Waals surface area contributed by atoms with Gasteiger partial charge in [-0.3, -0.25) is 9.36 Å². The monoisotopic (exact) mass is 428 g/mol. The Labute approximate surface area is 179 Å². The van der Waals surface area contributed by atoms with Gasteiger partial charge < -0.3 is 19.5 Å². The van der Waals surface area contributed by atoms with Crippen molar-refractivity contribution >= 4 is 17.7 Å². The number of nitrogens with zero attached hydrogens (tertiary/aromatic N) is 3. The van der Waals surface area contributed by atoms with Crippen molar-refractivity contribution in [2.45, 2.75) is 12.1 Å². The third-order valence-corrected chi connectivity index (χ3v) is 5.12. The number of carbonyl (C=O) groups is 1. The van der Waals surface area contributed by atoms with Gasteiger partial charge >= 0.3 is 0 Å². The van der Waals surface area contributed by atoms with Crippen LogP contribution in [0.5, 0.6) is 17.2 Å². The first-order chi connectivity index (χ1) is 14.6. The van der Waals surface area contributed by atoms with Crippen LogP contribution in [0.15, 0.2) is 53.7 Å². The Hall–Kier alpha value is -3.20. The summed E-state index contributed by atoms with van der Waals surface area (Å²) in [5.41, 5.74) is 0.910. The number of amides is 1. The Balaban J connectivity index is 1.48. The SMILES string of the molecule is COc1ccc(-n2c(C)nnc2SCC(=O)NCCOc2cccc(OC)c2)cc1. The second-order valence-corrected chi connectivity index (χ2v) is 7.17. The van der Waals surface area contributed by atoms with Crippen molar-refractivity contribution in [1.29, 1.82) is 0 Å². The molecule has 3 rings (SSSR count). The minimum atomic E-state index is -0.101. The summed E-state index contributed by atoms with van der Waals surface area (Å²) in [5, 5.41) is 11.8. The number of hydrogen-bond acceptors (Lipinski definition) is 7. The van der Waals surface area contributed by atoms with Gasteiger partial charge in [0.2, 0.25) is 5.91 Å². The quantitative estimate of drug-likeness (QED) is 0.392. The molecule has 2 aromatic carbocycles. The lowest BCUT2D eigenvalue weighted by molar-refractivity contribution is -0.118. The molecule has 0 saturated carbocycles. The lowest BCUT2D eigenvalue weighted by Gasteiger charge is -2.10. The fraction of sp³-hybridized carbons (Fsp3) is 0.286. The molecule has 1 aromatic heterocycles. The van der Waals surface area contributed by atoms with Crippen LogP contribution in [0.4, 0.5) is 0 Å². The molecule has 0 fully saturated rings. The van der Waals surface area contributed by atoms with Gasteiger partial charge in [-0.1, -0.05) is 17.8 Å². The van der Waals surface area contributed by atoms with Gasteiger partial charge in [-0.25, -0.2) is 0 Å². The van der Waals surface area contributed by atoms with Crippen LogP contribution >= 0.6 is 11.8 Å². The van der Waals surface area contributed by atoms with E-state index in [-0.39, 0.29) is 11.7 Å². The molecular formula is C21H24N4O4S. The molecule has 0 aliphatic heterocycles. The molecule has 0 bridgehead atoms. The minimum absolute atomic E-state index is 0.101. The summed E-state index contributed by atoms with van der Waals surface area (Å²) >= 11 is 1.33. The van der Waals surface area contributed by atoms with Crippen LogP contribution in [0.25, 0.3) is 5.69 Å². The number of benzene rings is 2. The molecule has 1 N–H and O–H groups in total. The van der Waals surface area contributed by atoms with Crippen molar-refractivity contribution in [2.24, 2.45) is 0 Å². The number of aromatic nitrogens is 3. The van der Waals surface area contributed by atoms with Crippen molar-refractivity contribution in [3.63, 3.8) is 0 Å². The summed E-state index contributed by atoms with van der Waals surface area (Å²) in [7, 11) is 3.23. The highest BCUT2D eigenvalue weighted by atomic mass is 32.2. The molecule has 0 spiro atoms. The zero-order valence-electron chi connectivity index (χ0n) is 17.1. The van der Waals surface area contributed by atoms with Crippen molar-refractivity contribution in [3.8, 4) is 22.9 Å². The summed E-state index contributed by atoms with van der Waals surface area (Å²) in [6.07, 6.45) is 0. The van der Waals surface area contributed by atoms with Crippen LogP contribution in [0.2, 0.25) is 0 Å². The molecule has 0 unspecified atom stereocenters.